The van der Waals surface area contributed by atoms with Gasteiger partial charge in [-0.25, -0.2) is 4.79 Å². The highest BCUT2D eigenvalue weighted by Crippen LogP contribution is 2.20. The van der Waals surface area contributed by atoms with Crippen LogP contribution in [0.4, 0.5) is 4.79 Å². The van der Waals surface area contributed by atoms with Gasteiger partial charge in [0.1, 0.15) is 0 Å². The van der Waals surface area contributed by atoms with Gasteiger partial charge < -0.3 is 20.2 Å². The van der Waals surface area contributed by atoms with Crippen molar-refractivity contribution in [3.63, 3.8) is 0 Å². The van der Waals surface area contributed by atoms with Crippen LogP contribution in [0.15, 0.2) is 0 Å². The number of hydrogen-bond donors (Lipinski definition) is 2. The maximum atomic E-state index is 10.6. The lowest BCUT2D eigenvalue weighted by Crippen LogP contribution is -2.50. The Morgan fingerprint density at radius 3 is 2.28 bits per heavy atom. The van der Waals surface area contributed by atoms with E-state index in [0.29, 0.717) is 0 Å². The van der Waals surface area contributed by atoms with E-state index in [0.717, 1.165) is 38.5 Å². The number of amides is 1. The predicted molar refractivity (Wildman–Crippen MR) is 70.9 cm³/mol. The highest BCUT2D eigenvalue weighted by atomic mass is 16.4. The molecule has 2 heterocycles. The van der Waals surface area contributed by atoms with Gasteiger partial charge in [-0.3, -0.25) is 0 Å². The molecule has 1 amide bonds. The summed E-state index contributed by atoms with van der Waals surface area (Å²) in [6, 6.07) is 0.882. The van der Waals surface area contributed by atoms with Crippen LogP contribution >= 0.6 is 0 Å². The molecule has 104 valence electrons. The number of hydrogen-bond acceptors (Lipinski definition) is 3. The molecule has 0 aromatic heterocycles. The number of carboxylic acid groups (broad SMARTS) is 1. The topological polar surface area (TPSA) is 55.8 Å². The smallest absolute Gasteiger partial charge is 0.404 e. The van der Waals surface area contributed by atoms with Crippen molar-refractivity contribution in [1.29, 1.82) is 0 Å². The number of piperidine rings is 2. The maximum Gasteiger partial charge on any atom is 0.404 e. The molecule has 5 heteroatoms. The van der Waals surface area contributed by atoms with Crippen molar-refractivity contribution < 1.29 is 9.90 Å². The third-order valence-electron chi connectivity index (χ3n) is 4.38. The van der Waals surface area contributed by atoms with E-state index in [4.69, 9.17) is 5.11 Å². The van der Waals surface area contributed by atoms with Crippen LogP contribution in [-0.4, -0.2) is 65.8 Å². The van der Waals surface area contributed by atoms with E-state index in [1.807, 2.05) is 0 Å². The lowest BCUT2D eigenvalue weighted by Gasteiger charge is -2.41. The Balaban J connectivity index is 1.71. The lowest BCUT2D eigenvalue weighted by atomic mass is 9.98. The van der Waals surface area contributed by atoms with Crippen LogP contribution in [0.1, 0.15) is 32.6 Å². The summed E-state index contributed by atoms with van der Waals surface area (Å²) in [4.78, 5) is 15.7. The normalized spacial score (nSPS) is 25.2. The monoisotopic (exact) mass is 255 g/mol. The second-order valence-electron chi connectivity index (χ2n) is 5.43. The van der Waals surface area contributed by atoms with Gasteiger partial charge in [0.25, 0.3) is 0 Å². The van der Waals surface area contributed by atoms with E-state index in [1.165, 1.54) is 25.9 Å². The van der Waals surface area contributed by atoms with Gasteiger partial charge in [0.2, 0.25) is 0 Å². The zero-order valence-corrected chi connectivity index (χ0v) is 11.3. The fourth-order valence-electron chi connectivity index (χ4n) is 3.18. The van der Waals surface area contributed by atoms with Gasteiger partial charge in [-0.2, -0.15) is 0 Å². The van der Waals surface area contributed by atoms with E-state index in [1.54, 1.807) is 0 Å². The summed E-state index contributed by atoms with van der Waals surface area (Å²) in [6.07, 6.45) is 3.57. The third kappa shape index (κ3) is 3.59. The van der Waals surface area contributed by atoms with Crippen LogP contribution in [-0.2, 0) is 0 Å². The van der Waals surface area contributed by atoms with Crippen LogP contribution in [0.3, 0.4) is 0 Å². The summed E-state index contributed by atoms with van der Waals surface area (Å²) in [6.45, 7) is 7.91. The fourth-order valence-corrected chi connectivity index (χ4v) is 3.18. The van der Waals surface area contributed by atoms with E-state index < -0.39 is 6.09 Å². The molecule has 2 aliphatic heterocycles. The zero-order chi connectivity index (χ0) is 13.0. The first kappa shape index (κ1) is 13.6. The van der Waals surface area contributed by atoms with Crippen LogP contribution in [0, 0.1) is 0 Å². The van der Waals surface area contributed by atoms with E-state index >= 15 is 0 Å². The number of likely N-dealkylation sites (tertiary alicyclic amines) is 2. The van der Waals surface area contributed by atoms with Crippen molar-refractivity contribution in [3.8, 4) is 0 Å². The van der Waals surface area contributed by atoms with Crippen molar-refractivity contribution >= 4 is 6.09 Å². The highest BCUT2D eigenvalue weighted by Gasteiger charge is 2.28. The van der Waals surface area contributed by atoms with Crippen LogP contribution in [0.2, 0.25) is 0 Å². The van der Waals surface area contributed by atoms with Gasteiger partial charge in [-0.15, -0.1) is 0 Å². The summed E-state index contributed by atoms with van der Waals surface area (Å²) < 4.78 is 0. The summed E-state index contributed by atoms with van der Waals surface area (Å²) in [5, 5.41) is 11.3. The average molecular weight is 255 g/mol. The minimum Gasteiger partial charge on any atom is -0.465 e. The quantitative estimate of drug-likeness (QED) is 0.796. The van der Waals surface area contributed by atoms with Crippen LogP contribution < -0.4 is 5.32 Å². The largest absolute Gasteiger partial charge is 0.465 e. The van der Waals surface area contributed by atoms with Crippen molar-refractivity contribution in [1.82, 2.24) is 15.1 Å². The molecule has 0 aromatic rings. The molecule has 2 fully saturated rings. The highest BCUT2D eigenvalue weighted by molar-refractivity contribution is 5.64. The Labute approximate surface area is 109 Å². The lowest BCUT2D eigenvalue weighted by molar-refractivity contribution is 0.0851. The predicted octanol–water partition coefficient (Wildman–Crippen LogP) is 1.20. The summed E-state index contributed by atoms with van der Waals surface area (Å²) in [5.41, 5.74) is 0. The van der Waals surface area contributed by atoms with Gasteiger partial charge >= 0.3 is 6.09 Å². The first-order valence-electron chi connectivity index (χ1n) is 7.15. The SMILES string of the molecule is CCN1CCC(N2CCC(NC(=O)O)CC2)CC1. The number of carbonyl (C=O) groups is 1. The Hall–Kier alpha value is -0.810. The first-order chi connectivity index (χ1) is 8.69. The van der Waals surface area contributed by atoms with E-state index in [-0.39, 0.29) is 6.04 Å². The van der Waals surface area contributed by atoms with E-state index in [2.05, 4.69) is 22.0 Å². The molecule has 2 saturated heterocycles. The molecule has 18 heavy (non-hydrogen) atoms. The summed E-state index contributed by atoms with van der Waals surface area (Å²) in [5.74, 6) is 0. The molecule has 0 unspecified atom stereocenters. The van der Waals surface area contributed by atoms with Crippen molar-refractivity contribution in [2.24, 2.45) is 0 Å². The Morgan fingerprint density at radius 1 is 1.17 bits per heavy atom. The number of nitrogens with one attached hydrogen (secondary N) is 1. The molecule has 0 radical (unpaired) electrons. The molecule has 0 atom stereocenters. The minimum absolute atomic E-state index is 0.162. The Kier molecular flexibility index (Phi) is 4.83. The second-order valence-corrected chi connectivity index (χ2v) is 5.43. The second kappa shape index (κ2) is 6.38. The molecule has 0 saturated carbocycles. The molecule has 2 rings (SSSR count). The molecule has 0 bridgehead atoms. The van der Waals surface area contributed by atoms with Gasteiger partial charge in [-0.1, -0.05) is 6.92 Å². The third-order valence-corrected chi connectivity index (χ3v) is 4.38. The molecule has 5 nitrogen and oxygen atoms in total. The Bertz CT molecular complexity index is 269. The summed E-state index contributed by atoms with van der Waals surface area (Å²) in [7, 11) is 0. The first-order valence-corrected chi connectivity index (χ1v) is 7.15. The standard InChI is InChI=1S/C13H25N3O2/c1-2-15-7-5-12(6-8-15)16-9-3-11(4-10-16)14-13(17)18/h11-12,14H,2-10H2,1H3,(H,17,18). The fraction of sp³-hybridized carbons (Fsp3) is 0.923. The van der Waals surface area contributed by atoms with E-state index in [9.17, 15) is 4.79 Å². The van der Waals surface area contributed by atoms with Gasteiger partial charge in [0, 0.05) is 25.2 Å². The van der Waals surface area contributed by atoms with Crippen LogP contribution in [0.25, 0.3) is 0 Å². The van der Waals surface area contributed by atoms with Crippen LogP contribution in [0.5, 0.6) is 0 Å². The molecule has 0 aliphatic carbocycles. The van der Waals surface area contributed by atoms with Crippen molar-refractivity contribution in [2.45, 2.75) is 44.7 Å². The average Bonchev–Trinajstić information content (AvgIpc) is 2.39. The van der Waals surface area contributed by atoms with Crippen molar-refractivity contribution in [2.75, 3.05) is 32.7 Å². The van der Waals surface area contributed by atoms with Gasteiger partial charge in [0.15, 0.2) is 0 Å². The maximum absolute atomic E-state index is 10.6. The van der Waals surface area contributed by atoms with Gasteiger partial charge in [-0.05, 0) is 45.3 Å². The number of rotatable bonds is 3. The molecule has 0 aromatic carbocycles. The molecule has 2 N–H and O–H groups in total. The molecule has 0 spiro atoms. The molecular formula is C13H25N3O2. The Morgan fingerprint density at radius 2 is 1.78 bits per heavy atom. The molecule has 2 aliphatic rings. The van der Waals surface area contributed by atoms with Crippen molar-refractivity contribution in [3.05, 3.63) is 0 Å². The number of nitrogens with zero attached hydrogens (tertiary/aromatic N) is 2. The van der Waals surface area contributed by atoms with Gasteiger partial charge in [0.05, 0.1) is 0 Å². The minimum atomic E-state index is -0.885. The zero-order valence-electron chi connectivity index (χ0n) is 11.3. The molecular weight excluding hydrogens is 230 g/mol. The summed E-state index contributed by atoms with van der Waals surface area (Å²) >= 11 is 0.